The Kier molecular flexibility index (Phi) is 6.18. The molecule has 38 heavy (non-hydrogen) atoms. The fourth-order valence-electron chi connectivity index (χ4n) is 6.81. The highest BCUT2D eigenvalue weighted by Gasteiger charge is 2.63. The number of likely N-dealkylation sites (N-methyl/N-ethyl adjacent to an activating group) is 1. The Bertz CT molecular complexity index is 1370. The first-order chi connectivity index (χ1) is 17.8. The van der Waals surface area contributed by atoms with Crippen molar-refractivity contribution in [1.29, 1.82) is 0 Å². The van der Waals surface area contributed by atoms with E-state index in [-0.39, 0.29) is 35.8 Å². The first kappa shape index (κ1) is 26.7. The Morgan fingerprint density at radius 3 is 2.39 bits per heavy atom. The Labute approximate surface area is 225 Å². The number of hydrogen-bond donors (Lipinski definition) is 5. The first-order valence-corrected chi connectivity index (χ1v) is 13.1. The first-order valence-electron chi connectivity index (χ1n) is 12.7. The van der Waals surface area contributed by atoms with E-state index in [4.69, 9.17) is 17.3 Å². The number of benzene rings is 1. The van der Waals surface area contributed by atoms with Crippen LogP contribution in [-0.2, 0) is 29.1 Å². The molecule has 6 N–H and O–H groups in total. The summed E-state index contributed by atoms with van der Waals surface area (Å²) in [5, 5.41) is 45.6. The van der Waals surface area contributed by atoms with Crippen LogP contribution in [0.1, 0.15) is 53.7 Å². The summed E-state index contributed by atoms with van der Waals surface area (Å²) in [6, 6.07) is -0.806. The zero-order chi connectivity index (χ0) is 28.0. The van der Waals surface area contributed by atoms with Gasteiger partial charge in [-0.2, -0.15) is 0 Å². The van der Waals surface area contributed by atoms with E-state index in [1.54, 1.807) is 14.1 Å². The minimum atomic E-state index is -2.66. The van der Waals surface area contributed by atoms with Crippen LogP contribution in [-0.4, -0.2) is 79.5 Å². The molecule has 0 saturated heterocycles. The monoisotopic (exact) mass is 545 g/mol. The second-order valence-electron chi connectivity index (χ2n) is 11.1. The minimum Gasteiger partial charge on any atom is -0.510 e. The third-order valence-electron chi connectivity index (χ3n) is 8.97. The fraction of sp³-hybridized carbons (Fsp3) is 0.519. The molecule has 10 nitrogen and oxygen atoms in total. The van der Waals surface area contributed by atoms with Crippen LogP contribution in [0.3, 0.4) is 0 Å². The molecule has 0 bridgehead atoms. The lowest BCUT2D eigenvalue weighted by molar-refractivity contribution is -0.148. The predicted octanol–water partition coefficient (Wildman–Crippen LogP) is 1.89. The number of carbonyl (C=O) groups is 3. The second kappa shape index (κ2) is 8.81. The fourth-order valence-corrected chi connectivity index (χ4v) is 7.16. The quantitative estimate of drug-likeness (QED) is 0.355. The summed E-state index contributed by atoms with van der Waals surface area (Å²) < 4.78 is 0. The molecule has 204 valence electrons. The van der Waals surface area contributed by atoms with Crippen molar-refractivity contribution < 1.29 is 34.8 Å². The lowest BCUT2D eigenvalue weighted by Crippen LogP contribution is -2.63. The van der Waals surface area contributed by atoms with Crippen molar-refractivity contribution >= 4 is 29.1 Å². The van der Waals surface area contributed by atoms with Gasteiger partial charge in [0.1, 0.15) is 22.8 Å². The molecule has 1 heterocycles. The van der Waals surface area contributed by atoms with E-state index in [2.05, 4.69) is 18.7 Å². The molecule has 11 heteroatoms. The van der Waals surface area contributed by atoms with Crippen LogP contribution in [0.5, 0.6) is 5.75 Å². The van der Waals surface area contributed by atoms with E-state index in [9.17, 15) is 34.8 Å². The molecule has 0 unspecified atom stereocenters. The number of phenols is 1. The third kappa shape index (κ3) is 3.33. The summed E-state index contributed by atoms with van der Waals surface area (Å²) in [4.78, 5) is 43.0. The van der Waals surface area contributed by atoms with Crippen LogP contribution in [0.4, 0.5) is 0 Å². The lowest BCUT2D eigenvalue weighted by atomic mass is 9.58. The van der Waals surface area contributed by atoms with Gasteiger partial charge in [-0.25, -0.2) is 0 Å². The van der Waals surface area contributed by atoms with Crippen molar-refractivity contribution in [2.24, 2.45) is 17.6 Å². The molecule has 0 fully saturated rings. The van der Waals surface area contributed by atoms with E-state index < -0.39 is 58.0 Å². The number of halogens is 1. The number of carbonyl (C=O) groups excluding carboxylic acids is 3. The molecule has 1 aliphatic heterocycles. The van der Waals surface area contributed by atoms with Crippen LogP contribution in [0, 0.1) is 11.8 Å². The number of amides is 1. The van der Waals surface area contributed by atoms with E-state index >= 15 is 0 Å². The van der Waals surface area contributed by atoms with Crippen molar-refractivity contribution in [2.45, 2.75) is 63.9 Å². The molecule has 0 radical (unpaired) electrons. The molecule has 0 saturated carbocycles. The van der Waals surface area contributed by atoms with Crippen molar-refractivity contribution in [1.82, 2.24) is 9.80 Å². The van der Waals surface area contributed by atoms with Crippen LogP contribution in [0.2, 0.25) is 5.02 Å². The smallest absolute Gasteiger partial charge is 0.255 e. The minimum absolute atomic E-state index is 0.0267. The molecule has 1 aromatic carbocycles. The summed E-state index contributed by atoms with van der Waals surface area (Å²) in [5.41, 5.74) is 3.44. The van der Waals surface area contributed by atoms with E-state index in [1.165, 1.54) is 4.90 Å². The highest BCUT2D eigenvalue weighted by molar-refractivity contribution is 6.33. The predicted molar refractivity (Wildman–Crippen MR) is 138 cm³/mol. The van der Waals surface area contributed by atoms with Gasteiger partial charge >= 0.3 is 0 Å². The highest BCUT2D eigenvalue weighted by Crippen LogP contribution is 2.54. The normalized spacial score (nSPS) is 29.8. The van der Waals surface area contributed by atoms with Gasteiger partial charge in [0, 0.05) is 41.2 Å². The van der Waals surface area contributed by atoms with Gasteiger partial charge in [-0.3, -0.25) is 24.2 Å². The number of fused-ring (bicyclic) bond motifs is 4. The molecular weight excluding hydrogens is 514 g/mol. The van der Waals surface area contributed by atoms with Crippen molar-refractivity contribution in [3.05, 3.63) is 49.9 Å². The van der Waals surface area contributed by atoms with Gasteiger partial charge in [-0.15, -0.1) is 0 Å². The molecule has 5 atom stereocenters. The number of hydrogen-bond acceptors (Lipinski definition) is 9. The number of aliphatic hydroxyl groups excluding tert-OH is 2. The Morgan fingerprint density at radius 1 is 1.18 bits per heavy atom. The maximum absolute atomic E-state index is 13.9. The summed E-state index contributed by atoms with van der Waals surface area (Å²) in [7, 11) is 3.18. The largest absolute Gasteiger partial charge is 0.510 e. The van der Waals surface area contributed by atoms with Crippen molar-refractivity contribution in [3.8, 4) is 5.75 Å². The maximum Gasteiger partial charge on any atom is 0.255 e. The number of primary amides is 1. The Hall–Kier alpha value is -2.92. The third-order valence-corrected chi connectivity index (χ3v) is 9.43. The standard InChI is InChI=1S/C27H32ClN3O7/c1-5-10(2)31-8-13-14(9-31)21(32)17-12(19(13)28)6-11-7-15-20(30(3)4)23(34)18(26(29)37)25(36)27(15,38)24(35)16(11)22(17)33/h10-11,15,20,32,34-35,38H,5-9H2,1-4H3,(H2,29,37)/t10-,11-,15-,20-,27-/m0/s1. The molecule has 0 spiro atoms. The Balaban J connectivity index is 1.68. The Morgan fingerprint density at radius 2 is 1.82 bits per heavy atom. The van der Waals surface area contributed by atoms with Crippen molar-refractivity contribution in [2.75, 3.05) is 14.1 Å². The topological polar surface area (TPSA) is 165 Å². The molecule has 0 aromatic heterocycles. The number of allylic oxidation sites excluding steroid dienone is 1. The number of aromatic hydroxyl groups is 1. The summed E-state index contributed by atoms with van der Waals surface area (Å²) in [6.45, 7) is 5.08. The van der Waals surface area contributed by atoms with Crippen LogP contribution >= 0.6 is 11.6 Å². The molecule has 5 rings (SSSR count). The van der Waals surface area contributed by atoms with Gasteiger partial charge in [-0.05, 0) is 57.3 Å². The van der Waals surface area contributed by atoms with E-state index in [0.29, 0.717) is 29.2 Å². The average molecular weight is 546 g/mol. The van der Waals surface area contributed by atoms with Gasteiger partial charge < -0.3 is 26.2 Å². The van der Waals surface area contributed by atoms with E-state index in [0.717, 1.165) is 12.0 Å². The molecule has 1 aromatic rings. The summed E-state index contributed by atoms with van der Waals surface area (Å²) in [6.07, 6.45) is 1.10. The van der Waals surface area contributed by atoms with E-state index in [1.807, 2.05) is 0 Å². The molecule has 3 aliphatic carbocycles. The maximum atomic E-state index is 13.9. The van der Waals surface area contributed by atoms with Gasteiger partial charge in [0.2, 0.25) is 5.78 Å². The van der Waals surface area contributed by atoms with Crippen LogP contribution in [0.25, 0.3) is 0 Å². The van der Waals surface area contributed by atoms with Crippen LogP contribution in [0.15, 0.2) is 22.7 Å². The van der Waals surface area contributed by atoms with Gasteiger partial charge in [0.05, 0.1) is 11.6 Å². The number of nitrogens with two attached hydrogens (primary N) is 1. The van der Waals surface area contributed by atoms with Gasteiger partial charge in [0.15, 0.2) is 11.4 Å². The second-order valence-corrected chi connectivity index (χ2v) is 11.5. The van der Waals surface area contributed by atoms with Crippen LogP contribution < -0.4 is 5.73 Å². The lowest BCUT2D eigenvalue weighted by Gasteiger charge is -2.50. The molecular formula is C27H32ClN3O7. The van der Waals surface area contributed by atoms with Gasteiger partial charge in [0.25, 0.3) is 5.91 Å². The number of phenolic OH excluding ortho intramolecular Hbond substituents is 1. The summed E-state index contributed by atoms with van der Waals surface area (Å²) >= 11 is 6.86. The number of rotatable bonds is 4. The number of nitrogens with zero attached hydrogens (tertiary/aromatic N) is 2. The number of ketones is 2. The summed E-state index contributed by atoms with van der Waals surface area (Å²) in [5.74, 6) is -6.64. The SMILES string of the molecule is CC[C@H](C)N1Cc2c(O)c3c(c(Cl)c2C1)C[C@H]1C[C@H]2[C@H](N(C)C)C(O)=C(C(N)=O)C(=O)[C@@]2(O)C(O)=C1C3=O. The number of Topliss-reactive ketones (excluding diaryl/α,β-unsaturated/α-hetero) is 2. The van der Waals surface area contributed by atoms with Crippen molar-refractivity contribution in [3.63, 3.8) is 0 Å². The molecule has 1 amide bonds. The zero-order valence-corrected chi connectivity index (χ0v) is 22.5. The van der Waals surface area contributed by atoms with Gasteiger partial charge in [-0.1, -0.05) is 18.5 Å². The highest BCUT2D eigenvalue weighted by atomic mass is 35.5. The zero-order valence-electron chi connectivity index (χ0n) is 21.7. The number of aliphatic hydroxyl groups is 3. The molecule has 4 aliphatic rings. The average Bonchev–Trinajstić information content (AvgIpc) is 3.30.